The van der Waals surface area contributed by atoms with Crippen molar-refractivity contribution in [1.29, 1.82) is 0 Å². The molecule has 4 heteroatoms. The number of rotatable bonds is 3. The molecule has 0 radical (unpaired) electrons. The molecule has 1 aliphatic carbocycles. The van der Waals surface area contributed by atoms with E-state index in [1.807, 2.05) is 29.2 Å². The molecule has 2 unspecified atom stereocenters. The highest BCUT2D eigenvalue weighted by atomic mass is 19.1. The SMILES string of the molecule is O=C(C1CC1c1ccccc1-c1ncccc1F)N1CCCC1. The van der Waals surface area contributed by atoms with E-state index < -0.39 is 0 Å². The fourth-order valence-corrected chi connectivity index (χ4v) is 3.60. The first-order valence-corrected chi connectivity index (χ1v) is 8.24. The zero-order valence-corrected chi connectivity index (χ0v) is 12.9. The van der Waals surface area contributed by atoms with Crippen LogP contribution in [0.4, 0.5) is 4.39 Å². The summed E-state index contributed by atoms with van der Waals surface area (Å²) in [6, 6.07) is 10.8. The van der Waals surface area contributed by atoms with E-state index in [0.717, 1.165) is 43.5 Å². The maximum atomic E-state index is 14.1. The van der Waals surface area contributed by atoms with Crippen LogP contribution in [0.3, 0.4) is 0 Å². The Morgan fingerprint density at radius 3 is 2.70 bits per heavy atom. The van der Waals surface area contributed by atoms with Gasteiger partial charge in [-0.2, -0.15) is 0 Å². The molecule has 1 aromatic heterocycles. The highest BCUT2D eigenvalue weighted by Crippen LogP contribution is 2.51. The molecule has 0 bridgehead atoms. The van der Waals surface area contributed by atoms with Crippen LogP contribution in [0.25, 0.3) is 11.3 Å². The van der Waals surface area contributed by atoms with Crippen LogP contribution in [0.5, 0.6) is 0 Å². The first kappa shape index (κ1) is 14.4. The van der Waals surface area contributed by atoms with Crippen molar-refractivity contribution in [2.24, 2.45) is 5.92 Å². The van der Waals surface area contributed by atoms with Crippen LogP contribution < -0.4 is 0 Å². The summed E-state index contributed by atoms with van der Waals surface area (Å²) in [4.78, 5) is 18.7. The van der Waals surface area contributed by atoms with E-state index >= 15 is 0 Å². The van der Waals surface area contributed by atoms with Crippen molar-refractivity contribution < 1.29 is 9.18 Å². The Morgan fingerprint density at radius 1 is 1.13 bits per heavy atom. The van der Waals surface area contributed by atoms with Crippen molar-refractivity contribution >= 4 is 5.91 Å². The zero-order valence-electron chi connectivity index (χ0n) is 12.9. The Bertz CT molecular complexity index is 740. The number of aromatic nitrogens is 1. The number of amides is 1. The smallest absolute Gasteiger partial charge is 0.226 e. The normalized spacial score (nSPS) is 23.1. The standard InChI is InChI=1S/C19H19FN2O/c20-17-8-5-9-21-18(17)14-7-2-1-6-13(14)15-12-16(15)19(23)22-10-3-4-11-22/h1-2,5-9,15-16H,3-4,10-12H2. The molecule has 23 heavy (non-hydrogen) atoms. The second kappa shape index (κ2) is 5.76. The number of likely N-dealkylation sites (tertiary alicyclic amines) is 1. The molecule has 2 fully saturated rings. The van der Waals surface area contributed by atoms with Crippen molar-refractivity contribution in [2.75, 3.05) is 13.1 Å². The van der Waals surface area contributed by atoms with Gasteiger partial charge in [0.1, 0.15) is 11.5 Å². The number of carbonyl (C=O) groups excluding carboxylic acids is 1. The van der Waals surface area contributed by atoms with E-state index in [2.05, 4.69) is 4.98 Å². The van der Waals surface area contributed by atoms with Crippen LogP contribution in [0.15, 0.2) is 42.6 Å². The largest absolute Gasteiger partial charge is 0.342 e. The third kappa shape index (κ3) is 2.62. The minimum absolute atomic E-state index is 0.0565. The summed E-state index contributed by atoms with van der Waals surface area (Å²) >= 11 is 0. The van der Waals surface area contributed by atoms with Crippen molar-refractivity contribution in [3.8, 4) is 11.3 Å². The van der Waals surface area contributed by atoms with E-state index in [4.69, 9.17) is 0 Å². The predicted octanol–water partition coefficient (Wildman–Crippen LogP) is 3.61. The third-order valence-electron chi connectivity index (χ3n) is 4.90. The monoisotopic (exact) mass is 310 g/mol. The minimum atomic E-state index is -0.317. The number of benzene rings is 1. The Morgan fingerprint density at radius 2 is 1.91 bits per heavy atom. The first-order valence-electron chi connectivity index (χ1n) is 8.24. The second-order valence-electron chi connectivity index (χ2n) is 6.40. The molecule has 0 spiro atoms. The summed E-state index contributed by atoms with van der Waals surface area (Å²) in [6.45, 7) is 1.77. The van der Waals surface area contributed by atoms with Gasteiger partial charge in [0.05, 0.1) is 0 Å². The summed E-state index contributed by atoms with van der Waals surface area (Å²) in [5.74, 6) is 0.202. The van der Waals surface area contributed by atoms with Crippen LogP contribution in [-0.4, -0.2) is 28.9 Å². The fourth-order valence-electron chi connectivity index (χ4n) is 3.60. The molecule has 1 saturated heterocycles. The predicted molar refractivity (Wildman–Crippen MR) is 86.3 cm³/mol. The van der Waals surface area contributed by atoms with Crippen LogP contribution in [0.2, 0.25) is 0 Å². The molecule has 118 valence electrons. The Kier molecular flexibility index (Phi) is 3.60. The average molecular weight is 310 g/mol. The number of carbonyl (C=O) groups is 1. The highest BCUT2D eigenvalue weighted by molar-refractivity contribution is 5.84. The van der Waals surface area contributed by atoms with Gasteiger partial charge < -0.3 is 4.90 Å². The van der Waals surface area contributed by atoms with Crippen molar-refractivity contribution in [1.82, 2.24) is 9.88 Å². The molecule has 2 heterocycles. The molecule has 1 amide bonds. The van der Waals surface area contributed by atoms with Gasteiger partial charge in [-0.1, -0.05) is 24.3 Å². The van der Waals surface area contributed by atoms with Crippen LogP contribution >= 0.6 is 0 Å². The third-order valence-corrected chi connectivity index (χ3v) is 4.90. The Hall–Kier alpha value is -2.23. The molecule has 0 N–H and O–H groups in total. The van der Waals surface area contributed by atoms with Crippen molar-refractivity contribution in [3.63, 3.8) is 0 Å². The lowest BCUT2D eigenvalue weighted by Gasteiger charge is -2.15. The zero-order chi connectivity index (χ0) is 15.8. The van der Waals surface area contributed by atoms with Gasteiger partial charge in [-0.25, -0.2) is 4.39 Å². The molecule has 4 rings (SSSR count). The Labute approximate surface area is 135 Å². The van der Waals surface area contributed by atoms with Crippen LogP contribution in [-0.2, 0) is 4.79 Å². The van der Waals surface area contributed by atoms with E-state index in [0.29, 0.717) is 5.69 Å². The van der Waals surface area contributed by atoms with Gasteiger partial charge in [0, 0.05) is 30.8 Å². The van der Waals surface area contributed by atoms with Crippen molar-refractivity contribution in [3.05, 3.63) is 54.0 Å². The maximum absolute atomic E-state index is 14.1. The number of pyridine rings is 1. The lowest BCUT2D eigenvalue weighted by molar-refractivity contribution is -0.131. The number of halogens is 1. The summed E-state index contributed by atoms with van der Waals surface area (Å²) in [6.07, 6.45) is 4.69. The van der Waals surface area contributed by atoms with Gasteiger partial charge in [0.2, 0.25) is 5.91 Å². The summed E-state index contributed by atoms with van der Waals surface area (Å²) in [5.41, 5.74) is 2.23. The molecule has 3 nitrogen and oxygen atoms in total. The summed E-state index contributed by atoms with van der Waals surface area (Å²) in [7, 11) is 0. The van der Waals surface area contributed by atoms with Gasteiger partial charge >= 0.3 is 0 Å². The van der Waals surface area contributed by atoms with Gasteiger partial charge in [-0.15, -0.1) is 0 Å². The quantitative estimate of drug-likeness (QED) is 0.867. The lowest BCUT2D eigenvalue weighted by Crippen LogP contribution is -2.29. The molecule has 2 aliphatic rings. The number of hydrogen-bond donors (Lipinski definition) is 0. The first-order chi connectivity index (χ1) is 11.3. The summed E-state index contributed by atoms with van der Waals surface area (Å²) < 4.78 is 14.1. The van der Waals surface area contributed by atoms with E-state index in [9.17, 15) is 9.18 Å². The number of nitrogens with zero attached hydrogens (tertiary/aromatic N) is 2. The van der Waals surface area contributed by atoms with Gasteiger partial charge in [0.15, 0.2) is 0 Å². The van der Waals surface area contributed by atoms with Crippen LogP contribution in [0.1, 0.15) is 30.7 Å². The number of hydrogen-bond acceptors (Lipinski definition) is 2. The Balaban J connectivity index is 1.62. The van der Waals surface area contributed by atoms with E-state index in [1.54, 1.807) is 12.3 Å². The minimum Gasteiger partial charge on any atom is -0.342 e. The van der Waals surface area contributed by atoms with Gasteiger partial charge in [-0.05, 0) is 42.9 Å². The molecular weight excluding hydrogens is 291 g/mol. The molecule has 2 atom stereocenters. The fraction of sp³-hybridized carbons (Fsp3) is 0.368. The lowest BCUT2D eigenvalue weighted by atomic mass is 9.98. The molecule has 1 aliphatic heterocycles. The van der Waals surface area contributed by atoms with Crippen LogP contribution in [0, 0.1) is 11.7 Å². The van der Waals surface area contributed by atoms with E-state index in [1.165, 1.54) is 6.07 Å². The van der Waals surface area contributed by atoms with Gasteiger partial charge in [0.25, 0.3) is 0 Å². The molecule has 2 aromatic rings. The second-order valence-corrected chi connectivity index (χ2v) is 6.40. The average Bonchev–Trinajstić information content (AvgIpc) is 3.18. The van der Waals surface area contributed by atoms with E-state index in [-0.39, 0.29) is 23.6 Å². The van der Waals surface area contributed by atoms with Crippen molar-refractivity contribution in [2.45, 2.75) is 25.2 Å². The summed E-state index contributed by atoms with van der Waals surface area (Å²) in [5, 5.41) is 0. The molecule has 1 saturated carbocycles. The molecular formula is C19H19FN2O. The highest BCUT2D eigenvalue weighted by Gasteiger charge is 2.47. The van der Waals surface area contributed by atoms with Gasteiger partial charge in [-0.3, -0.25) is 9.78 Å². The molecule has 1 aromatic carbocycles. The maximum Gasteiger partial charge on any atom is 0.226 e. The topological polar surface area (TPSA) is 33.2 Å².